The monoisotopic (exact) mass is 429 g/mol. The first-order valence-corrected chi connectivity index (χ1v) is 9.68. The highest BCUT2D eigenvalue weighted by atomic mass is 79.9. The summed E-state index contributed by atoms with van der Waals surface area (Å²) in [5, 5.41) is 3.48. The van der Waals surface area contributed by atoms with Crippen LogP contribution in [0.15, 0.2) is 14.3 Å². The van der Waals surface area contributed by atoms with Crippen molar-refractivity contribution in [2.24, 2.45) is 0 Å². The number of rotatable bonds is 4. The van der Waals surface area contributed by atoms with Crippen molar-refractivity contribution in [3.05, 3.63) is 25.6 Å². The first-order chi connectivity index (χ1) is 10.2. The van der Waals surface area contributed by atoms with E-state index in [9.17, 15) is 0 Å². The standard InChI is InChI=1S/C15H17Br2N3S/c1-2-7-18-14-9-5-3-4-6-11(9)19-15(20-14)12-8-10(16)13(17)21-12/h8H,2-7H2,1H3,(H,18,19,20). The van der Waals surface area contributed by atoms with Crippen molar-refractivity contribution in [1.82, 2.24) is 9.97 Å². The maximum atomic E-state index is 4.82. The molecule has 3 rings (SSSR count). The zero-order chi connectivity index (χ0) is 14.8. The van der Waals surface area contributed by atoms with Crippen LogP contribution < -0.4 is 5.32 Å². The molecule has 0 amide bonds. The fourth-order valence-corrected chi connectivity index (χ4v) is 4.52. The van der Waals surface area contributed by atoms with Gasteiger partial charge in [0.2, 0.25) is 0 Å². The van der Waals surface area contributed by atoms with E-state index in [0.717, 1.165) is 50.6 Å². The summed E-state index contributed by atoms with van der Waals surface area (Å²) >= 11 is 8.76. The van der Waals surface area contributed by atoms with Gasteiger partial charge in [-0.3, -0.25) is 0 Å². The third-order valence-electron chi connectivity index (χ3n) is 3.59. The second kappa shape index (κ2) is 6.75. The van der Waals surface area contributed by atoms with Crippen LogP contribution >= 0.6 is 43.2 Å². The van der Waals surface area contributed by atoms with Gasteiger partial charge < -0.3 is 5.32 Å². The van der Waals surface area contributed by atoms with E-state index in [2.05, 4.69) is 50.2 Å². The second-order valence-corrected chi connectivity index (χ2v) is 8.41. The van der Waals surface area contributed by atoms with Gasteiger partial charge in [-0.25, -0.2) is 9.97 Å². The summed E-state index contributed by atoms with van der Waals surface area (Å²) in [6.45, 7) is 3.13. The van der Waals surface area contributed by atoms with Crippen molar-refractivity contribution in [3.8, 4) is 10.7 Å². The third kappa shape index (κ3) is 3.32. The number of nitrogens with zero attached hydrogens (tertiary/aromatic N) is 2. The molecule has 3 nitrogen and oxygen atoms in total. The zero-order valence-electron chi connectivity index (χ0n) is 11.9. The molecule has 1 aliphatic carbocycles. The lowest BCUT2D eigenvalue weighted by atomic mass is 9.96. The molecule has 1 N–H and O–H groups in total. The number of hydrogen-bond acceptors (Lipinski definition) is 4. The van der Waals surface area contributed by atoms with Crippen LogP contribution in [-0.2, 0) is 12.8 Å². The molecular weight excluding hydrogens is 414 g/mol. The Morgan fingerprint density at radius 3 is 2.76 bits per heavy atom. The van der Waals surface area contributed by atoms with E-state index in [4.69, 9.17) is 9.97 Å². The topological polar surface area (TPSA) is 37.8 Å². The highest BCUT2D eigenvalue weighted by Crippen LogP contribution is 2.38. The molecule has 2 aromatic rings. The maximum absolute atomic E-state index is 4.82. The number of anilines is 1. The van der Waals surface area contributed by atoms with E-state index in [0.29, 0.717) is 0 Å². The van der Waals surface area contributed by atoms with Crippen molar-refractivity contribution >= 4 is 49.0 Å². The van der Waals surface area contributed by atoms with E-state index in [1.807, 2.05) is 0 Å². The van der Waals surface area contributed by atoms with E-state index >= 15 is 0 Å². The van der Waals surface area contributed by atoms with Crippen LogP contribution in [0.5, 0.6) is 0 Å². The van der Waals surface area contributed by atoms with Gasteiger partial charge in [0.25, 0.3) is 0 Å². The van der Waals surface area contributed by atoms with E-state index in [1.54, 1.807) is 11.3 Å². The summed E-state index contributed by atoms with van der Waals surface area (Å²) in [7, 11) is 0. The predicted octanol–water partition coefficient (Wildman–Crippen LogP) is 5.43. The first-order valence-electron chi connectivity index (χ1n) is 7.28. The minimum atomic E-state index is 0.839. The lowest BCUT2D eigenvalue weighted by Crippen LogP contribution is -2.13. The Labute approximate surface area is 145 Å². The molecule has 0 spiro atoms. The van der Waals surface area contributed by atoms with Crippen molar-refractivity contribution in [2.45, 2.75) is 39.0 Å². The van der Waals surface area contributed by atoms with Crippen LogP contribution in [0, 0.1) is 0 Å². The van der Waals surface area contributed by atoms with Gasteiger partial charge in [0.15, 0.2) is 5.82 Å². The molecule has 0 saturated heterocycles. The second-order valence-electron chi connectivity index (χ2n) is 5.19. The highest BCUT2D eigenvalue weighted by molar-refractivity contribution is 9.13. The van der Waals surface area contributed by atoms with Crippen molar-refractivity contribution < 1.29 is 0 Å². The summed E-state index contributed by atoms with van der Waals surface area (Å²) in [4.78, 5) is 10.7. The van der Waals surface area contributed by atoms with Gasteiger partial charge >= 0.3 is 0 Å². The first kappa shape index (κ1) is 15.4. The van der Waals surface area contributed by atoms with Crippen LogP contribution in [0.4, 0.5) is 5.82 Å². The van der Waals surface area contributed by atoms with Crippen molar-refractivity contribution in [2.75, 3.05) is 11.9 Å². The van der Waals surface area contributed by atoms with Gasteiger partial charge in [-0.2, -0.15) is 0 Å². The van der Waals surface area contributed by atoms with Gasteiger partial charge in [-0.05, 0) is 70.0 Å². The number of aromatic nitrogens is 2. The number of aryl methyl sites for hydroxylation is 1. The molecule has 0 aliphatic heterocycles. The van der Waals surface area contributed by atoms with E-state index < -0.39 is 0 Å². The predicted molar refractivity (Wildman–Crippen MR) is 96.2 cm³/mol. The molecule has 6 heteroatoms. The minimum absolute atomic E-state index is 0.839. The van der Waals surface area contributed by atoms with E-state index in [-0.39, 0.29) is 0 Å². The number of fused-ring (bicyclic) bond motifs is 1. The molecule has 21 heavy (non-hydrogen) atoms. The average Bonchev–Trinajstić information content (AvgIpc) is 2.84. The third-order valence-corrected chi connectivity index (χ3v) is 6.84. The Hall–Kier alpha value is -0.460. The van der Waals surface area contributed by atoms with Crippen LogP contribution in [0.1, 0.15) is 37.4 Å². The maximum Gasteiger partial charge on any atom is 0.171 e. The lowest BCUT2D eigenvalue weighted by Gasteiger charge is -2.19. The van der Waals surface area contributed by atoms with Crippen LogP contribution in [0.25, 0.3) is 10.7 Å². The molecule has 0 radical (unpaired) electrons. The summed E-state index contributed by atoms with van der Waals surface area (Å²) < 4.78 is 2.15. The van der Waals surface area contributed by atoms with Gasteiger partial charge in [-0.15, -0.1) is 11.3 Å². The molecule has 0 fully saturated rings. The number of hydrogen-bond donors (Lipinski definition) is 1. The fraction of sp³-hybridized carbons (Fsp3) is 0.467. The molecule has 1 aliphatic rings. The molecular formula is C15H17Br2N3S. The SMILES string of the molecule is CCCNc1nc(-c2cc(Br)c(Br)s2)nc2c1CCCC2. The molecule has 0 unspecified atom stereocenters. The van der Waals surface area contributed by atoms with Gasteiger partial charge in [0, 0.05) is 22.3 Å². The number of halogens is 2. The van der Waals surface area contributed by atoms with Crippen molar-refractivity contribution in [3.63, 3.8) is 0 Å². The average molecular weight is 431 g/mol. The summed E-state index contributed by atoms with van der Waals surface area (Å²) in [5.41, 5.74) is 2.55. The Kier molecular flexibility index (Phi) is 4.96. The largest absolute Gasteiger partial charge is 0.370 e. The zero-order valence-corrected chi connectivity index (χ0v) is 15.9. The Balaban J connectivity index is 2.04. The molecule has 2 aromatic heterocycles. The molecule has 0 bridgehead atoms. The smallest absolute Gasteiger partial charge is 0.171 e. The quantitative estimate of drug-likeness (QED) is 0.702. The van der Waals surface area contributed by atoms with Gasteiger partial charge in [0.05, 0.1) is 8.66 Å². The number of thiophene rings is 1. The minimum Gasteiger partial charge on any atom is -0.370 e. The molecule has 112 valence electrons. The van der Waals surface area contributed by atoms with Gasteiger partial charge in [-0.1, -0.05) is 6.92 Å². The summed E-state index contributed by atoms with van der Waals surface area (Å²) in [6, 6.07) is 2.09. The van der Waals surface area contributed by atoms with Crippen LogP contribution in [0.3, 0.4) is 0 Å². The van der Waals surface area contributed by atoms with Crippen molar-refractivity contribution in [1.29, 1.82) is 0 Å². The molecule has 0 aromatic carbocycles. The lowest BCUT2D eigenvalue weighted by molar-refractivity contribution is 0.664. The summed E-state index contributed by atoms with van der Waals surface area (Å²) in [6.07, 6.45) is 5.74. The molecule has 0 saturated carbocycles. The Bertz CT molecular complexity index is 635. The summed E-state index contributed by atoms with van der Waals surface area (Å²) in [5.74, 6) is 1.88. The number of nitrogens with one attached hydrogen (secondary N) is 1. The Morgan fingerprint density at radius 1 is 1.24 bits per heavy atom. The van der Waals surface area contributed by atoms with Crippen LogP contribution in [-0.4, -0.2) is 16.5 Å². The normalized spacial score (nSPS) is 14.0. The molecule has 2 heterocycles. The van der Waals surface area contributed by atoms with Crippen LogP contribution in [0.2, 0.25) is 0 Å². The molecule has 0 atom stereocenters. The van der Waals surface area contributed by atoms with Gasteiger partial charge in [0.1, 0.15) is 5.82 Å². The fourth-order valence-electron chi connectivity index (χ4n) is 2.55. The van der Waals surface area contributed by atoms with E-state index in [1.165, 1.54) is 24.1 Å². The highest BCUT2D eigenvalue weighted by Gasteiger charge is 2.19. The Morgan fingerprint density at radius 2 is 2.05 bits per heavy atom.